The summed E-state index contributed by atoms with van der Waals surface area (Å²) in [6, 6.07) is 10.6. The van der Waals surface area contributed by atoms with Crippen LogP contribution in [0.3, 0.4) is 0 Å². The molecule has 0 saturated heterocycles. The predicted molar refractivity (Wildman–Crippen MR) is 102 cm³/mol. The van der Waals surface area contributed by atoms with Gasteiger partial charge in [-0.15, -0.1) is 13.2 Å². The molecule has 160 valence electrons. The van der Waals surface area contributed by atoms with Crippen LogP contribution in [0.1, 0.15) is 11.3 Å². The van der Waals surface area contributed by atoms with E-state index >= 15 is 0 Å². The first kappa shape index (κ1) is 20.4. The minimum absolute atomic E-state index is 0.195. The maximum absolute atomic E-state index is 12.3. The highest BCUT2D eigenvalue weighted by molar-refractivity contribution is 5.58. The van der Waals surface area contributed by atoms with Crippen LogP contribution < -0.4 is 9.47 Å². The molecule has 0 aliphatic heterocycles. The first-order valence-electron chi connectivity index (χ1n) is 9.04. The molecule has 1 aromatic carbocycles. The molecule has 0 fully saturated rings. The van der Waals surface area contributed by atoms with E-state index in [0.29, 0.717) is 23.7 Å². The van der Waals surface area contributed by atoms with Gasteiger partial charge in [-0.25, -0.2) is 4.98 Å². The summed E-state index contributed by atoms with van der Waals surface area (Å²) in [6.45, 7) is 2.38. The number of nitrogens with zero attached hydrogens (tertiary/aromatic N) is 5. The third kappa shape index (κ3) is 4.82. The van der Waals surface area contributed by atoms with Gasteiger partial charge < -0.3 is 14.0 Å². The molecular formula is C20H16F3N5O3. The maximum atomic E-state index is 12.3. The van der Waals surface area contributed by atoms with Gasteiger partial charge in [0.15, 0.2) is 5.69 Å². The number of ether oxygens (including phenoxy) is 2. The van der Waals surface area contributed by atoms with E-state index < -0.39 is 6.36 Å². The van der Waals surface area contributed by atoms with E-state index in [1.165, 1.54) is 24.3 Å². The normalized spacial score (nSPS) is 11.5. The van der Waals surface area contributed by atoms with E-state index in [1.54, 1.807) is 30.1 Å². The Bertz CT molecular complexity index is 1170. The van der Waals surface area contributed by atoms with E-state index in [9.17, 15) is 13.2 Å². The van der Waals surface area contributed by atoms with Crippen molar-refractivity contribution < 1.29 is 27.2 Å². The predicted octanol–water partition coefficient (Wildman–Crippen LogP) is 4.26. The Labute approximate surface area is 174 Å². The Hall–Kier alpha value is -3.89. The van der Waals surface area contributed by atoms with Gasteiger partial charge in [0, 0.05) is 23.5 Å². The first-order valence-corrected chi connectivity index (χ1v) is 9.04. The molecule has 0 aliphatic carbocycles. The molecule has 4 rings (SSSR count). The smallest absolute Gasteiger partial charge is 0.481 e. The molecule has 0 spiro atoms. The fourth-order valence-corrected chi connectivity index (χ4v) is 2.82. The molecule has 0 aliphatic rings. The number of hydrogen-bond acceptors (Lipinski definition) is 7. The summed E-state index contributed by atoms with van der Waals surface area (Å²) >= 11 is 0. The van der Waals surface area contributed by atoms with Gasteiger partial charge in [-0.1, -0.05) is 11.2 Å². The highest BCUT2D eigenvalue weighted by atomic mass is 19.4. The van der Waals surface area contributed by atoms with Gasteiger partial charge in [-0.2, -0.15) is 10.1 Å². The lowest BCUT2D eigenvalue weighted by Crippen LogP contribution is -2.16. The third-order valence-corrected chi connectivity index (χ3v) is 4.31. The molecule has 0 bridgehead atoms. The number of alkyl halides is 3. The SMILES string of the molecule is COc1ccc(Cn2nc(-c3nc(-c4ccc(OC(F)(F)F)cc4)no3)cc2C)cn1. The second-order valence-electron chi connectivity index (χ2n) is 6.53. The van der Waals surface area contributed by atoms with Crippen LogP contribution in [0.15, 0.2) is 53.2 Å². The zero-order chi connectivity index (χ0) is 22.0. The van der Waals surface area contributed by atoms with Crippen LogP contribution in [0, 0.1) is 6.92 Å². The Balaban J connectivity index is 1.50. The molecule has 0 N–H and O–H groups in total. The van der Waals surface area contributed by atoms with Crippen molar-refractivity contribution in [2.24, 2.45) is 0 Å². The number of rotatable bonds is 6. The molecular weight excluding hydrogens is 415 g/mol. The third-order valence-electron chi connectivity index (χ3n) is 4.31. The number of methoxy groups -OCH3 is 1. The Morgan fingerprint density at radius 2 is 1.87 bits per heavy atom. The summed E-state index contributed by atoms with van der Waals surface area (Å²) in [5, 5.41) is 8.38. The zero-order valence-electron chi connectivity index (χ0n) is 16.4. The Morgan fingerprint density at radius 1 is 1.10 bits per heavy atom. The second kappa shape index (κ2) is 8.09. The monoisotopic (exact) mass is 431 g/mol. The lowest BCUT2D eigenvalue weighted by molar-refractivity contribution is -0.274. The van der Waals surface area contributed by atoms with Crippen molar-refractivity contribution in [3.8, 4) is 34.6 Å². The summed E-state index contributed by atoms with van der Waals surface area (Å²) in [6.07, 6.45) is -3.05. The molecule has 0 amide bonds. The summed E-state index contributed by atoms with van der Waals surface area (Å²) in [4.78, 5) is 8.47. The van der Waals surface area contributed by atoms with Crippen molar-refractivity contribution in [1.29, 1.82) is 0 Å². The van der Waals surface area contributed by atoms with Crippen LogP contribution in [0.25, 0.3) is 23.0 Å². The summed E-state index contributed by atoms with van der Waals surface area (Å²) in [5.41, 5.74) is 2.77. The molecule has 31 heavy (non-hydrogen) atoms. The van der Waals surface area contributed by atoms with Gasteiger partial charge in [0.25, 0.3) is 5.89 Å². The largest absolute Gasteiger partial charge is 0.573 e. The maximum Gasteiger partial charge on any atom is 0.573 e. The molecule has 0 atom stereocenters. The summed E-state index contributed by atoms with van der Waals surface area (Å²) in [7, 11) is 1.55. The molecule has 3 heterocycles. The molecule has 3 aromatic heterocycles. The van der Waals surface area contributed by atoms with Crippen LogP contribution in [0.5, 0.6) is 11.6 Å². The summed E-state index contributed by atoms with van der Waals surface area (Å²) in [5.74, 6) is 0.612. The number of aryl methyl sites for hydroxylation is 1. The molecule has 0 saturated carbocycles. The second-order valence-corrected chi connectivity index (χ2v) is 6.53. The zero-order valence-corrected chi connectivity index (χ0v) is 16.4. The number of pyridine rings is 1. The fourth-order valence-electron chi connectivity index (χ4n) is 2.82. The molecule has 0 radical (unpaired) electrons. The fraction of sp³-hybridized carbons (Fsp3) is 0.200. The lowest BCUT2D eigenvalue weighted by Gasteiger charge is -2.08. The minimum atomic E-state index is -4.75. The van der Waals surface area contributed by atoms with Crippen molar-refractivity contribution in [3.63, 3.8) is 0 Å². The van der Waals surface area contributed by atoms with Crippen molar-refractivity contribution in [2.75, 3.05) is 7.11 Å². The number of benzene rings is 1. The number of halogens is 3. The van der Waals surface area contributed by atoms with Crippen LogP contribution in [-0.4, -0.2) is 38.4 Å². The van der Waals surface area contributed by atoms with Gasteiger partial charge in [0.1, 0.15) is 5.75 Å². The molecule has 11 heteroatoms. The quantitative estimate of drug-likeness (QED) is 0.451. The lowest BCUT2D eigenvalue weighted by atomic mass is 10.2. The van der Waals surface area contributed by atoms with E-state index in [0.717, 1.165) is 11.3 Å². The van der Waals surface area contributed by atoms with E-state index in [2.05, 4.69) is 25.0 Å². The van der Waals surface area contributed by atoms with Gasteiger partial charge in [0.05, 0.1) is 13.7 Å². The average Bonchev–Trinajstić information content (AvgIpc) is 3.35. The van der Waals surface area contributed by atoms with Crippen molar-refractivity contribution in [1.82, 2.24) is 24.9 Å². The minimum Gasteiger partial charge on any atom is -0.481 e. The number of hydrogen-bond donors (Lipinski definition) is 0. The molecule has 4 aromatic rings. The van der Waals surface area contributed by atoms with Crippen LogP contribution in [0.4, 0.5) is 13.2 Å². The Morgan fingerprint density at radius 3 is 2.52 bits per heavy atom. The Kier molecular flexibility index (Phi) is 5.32. The van der Waals surface area contributed by atoms with Gasteiger partial charge >= 0.3 is 6.36 Å². The van der Waals surface area contributed by atoms with Crippen LogP contribution in [-0.2, 0) is 6.54 Å². The van der Waals surface area contributed by atoms with Gasteiger partial charge in [0.2, 0.25) is 11.7 Å². The first-order chi connectivity index (χ1) is 14.8. The standard InChI is InChI=1S/C20H16F3N5O3/c1-12-9-16(26-28(12)11-13-3-8-17(29-2)24-10-13)19-25-18(27-31-19)14-4-6-15(7-5-14)30-20(21,22)23/h3-10H,11H2,1-2H3. The van der Waals surface area contributed by atoms with E-state index in [4.69, 9.17) is 9.26 Å². The molecule has 0 unspecified atom stereocenters. The molecule has 8 nitrogen and oxygen atoms in total. The average molecular weight is 431 g/mol. The highest BCUT2D eigenvalue weighted by Gasteiger charge is 2.31. The van der Waals surface area contributed by atoms with Crippen molar-refractivity contribution in [2.45, 2.75) is 19.8 Å². The van der Waals surface area contributed by atoms with Crippen LogP contribution >= 0.6 is 0 Å². The van der Waals surface area contributed by atoms with Crippen molar-refractivity contribution in [3.05, 3.63) is 59.9 Å². The highest BCUT2D eigenvalue weighted by Crippen LogP contribution is 2.27. The van der Waals surface area contributed by atoms with Crippen LogP contribution in [0.2, 0.25) is 0 Å². The topological polar surface area (TPSA) is 88.1 Å². The van der Waals surface area contributed by atoms with Gasteiger partial charge in [-0.3, -0.25) is 4.68 Å². The van der Waals surface area contributed by atoms with Gasteiger partial charge in [-0.05, 0) is 42.8 Å². The number of aromatic nitrogens is 5. The summed E-state index contributed by atoms with van der Waals surface area (Å²) < 4.78 is 52.8. The van der Waals surface area contributed by atoms with E-state index in [1.807, 2.05) is 13.0 Å². The van der Waals surface area contributed by atoms with E-state index in [-0.39, 0.29) is 17.5 Å². The van der Waals surface area contributed by atoms with Crippen molar-refractivity contribution >= 4 is 0 Å².